The Morgan fingerprint density at radius 3 is 2.17 bits per heavy atom. The quantitative estimate of drug-likeness (QED) is 0.439. The maximum atomic E-state index is 6.15. The number of hydrogen-bond acceptors (Lipinski definition) is 1. The molecule has 0 saturated heterocycles. The lowest BCUT2D eigenvalue weighted by atomic mass is 10.1. The molecule has 0 aliphatic carbocycles. The van der Waals surface area contributed by atoms with Gasteiger partial charge in [-0.3, -0.25) is 4.40 Å². The van der Waals surface area contributed by atoms with E-state index < -0.39 is 0 Å². The molecule has 0 spiro atoms. The van der Waals surface area contributed by atoms with E-state index in [2.05, 4.69) is 22.6 Å². The van der Waals surface area contributed by atoms with Crippen molar-refractivity contribution >= 4 is 28.7 Å². The summed E-state index contributed by atoms with van der Waals surface area (Å²) in [4.78, 5) is 4.86. The zero-order chi connectivity index (χ0) is 15.8. The van der Waals surface area contributed by atoms with Crippen LogP contribution in [-0.4, -0.2) is 9.38 Å². The smallest absolute Gasteiger partial charge is 0.145 e. The largest absolute Gasteiger partial charge is 0.299 e. The first-order valence-corrected chi connectivity index (χ1v) is 7.97. The van der Waals surface area contributed by atoms with Crippen molar-refractivity contribution in [3.8, 4) is 22.6 Å². The molecule has 0 fully saturated rings. The molecule has 4 aromatic rings. The molecule has 112 valence electrons. The fraction of sp³-hybridized carbons (Fsp3) is 0. The van der Waals surface area contributed by atoms with Crippen LogP contribution in [0.4, 0.5) is 0 Å². The molecule has 0 bridgehead atoms. The molecule has 0 amide bonds. The average molecular weight is 339 g/mol. The van der Waals surface area contributed by atoms with Gasteiger partial charge in [0.05, 0.1) is 11.2 Å². The predicted octanol–water partition coefficient (Wildman–Crippen LogP) is 5.98. The maximum absolute atomic E-state index is 6.15. The van der Waals surface area contributed by atoms with E-state index in [0.29, 0.717) is 10.0 Å². The lowest BCUT2D eigenvalue weighted by molar-refractivity contribution is 1.16. The van der Waals surface area contributed by atoms with Crippen molar-refractivity contribution in [2.24, 2.45) is 0 Å². The molecule has 23 heavy (non-hydrogen) atoms. The van der Waals surface area contributed by atoms with Crippen LogP contribution in [0.1, 0.15) is 0 Å². The Hall–Kier alpha value is -2.29. The summed E-state index contributed by atoms with van der Waals surface area (Å²) < 4.78 is 2.06. The highest BCUT2D eigenvalue weighted by Gasteiger charge is 2.14. The molecule has 4 heteroatoms. The van der Waals surface area contributed by atoms with Gasteiger partial charge in [0.1, 0.15) is 5.82 Å². The van der Waals surface area contributed by atoms with Crippen molar-refractivity contribution in [1.29, 1.82) is 0 Å². The van der Waals surface area contributed by atoms with Crippen LogP contribution in [0.5, 0.6) is 0 Å². The highest BCUT2D eigenvalue weighted by molar-refractivity contribution is 6.35. The number of rotatable bonds is 2. The number of pyridine rings is 1. The number of imidazole rings is 1. The van der Waals surface area contributed by atoms with E-state index in [-0.39, 0.29) is 0 Å². The van der Waals surface area contributed by atoms with E-state index in [4.69, 9.17) is 28.2 Å². The highest BCUT2D eigenvalue weighted by atomic mass is 35.5. The van der Waals surface area contributed by atoms with Crippen LogP contribution in [0.2, 0.25) is 10.0 Å². The lowest BCUT2D eigenvalue weighted by Gasteiger charge is -2.02. The lowest BCUT2D eigenvalue weighted by Crippen LogP contribution is -1.88. The Balaban J connectivity index is 2.01. The molecule has 2 nitrogen and oxygen atoms in total. The van der Waals surface area contributed by atoms with E-state index in [1.165, 1.54) is 0 Å². The van der Waals surface area contributed by atoms with Crippen molar-refractivity contribution in [3.05, 3.63) is 83.0 Å². The number of halogens is 2. The number of hydrogen-bond donors (Lipinski definition) is 0. The Labute approximate surface area is 143 Å². The summed E-state index contributed by atoms with van der Waals surface area (Å²) in [7, 11) is 0. The van der Waals surface area contributed by atoms with Gasteiger partial charge in [-0.1, -0.05) is 59.6 Å². The molecule has 2 aromatic heterocycles. The first-order valence-electron chi connectivity index (χ1n) is 7.21. The second kappa shape index (κ2) is 5.73. The summed E-state index contributed by atoms with van der Waals surface area (Å²) in [6, 6.07) is 21.7. The SMILES string of the molecule is Clc1cc(Cl)cc(-c2nc(-c3ccccc3)c3ccccn23)c1. The Kier molecular flexibility index (Phi) is 3.56. The van der Waals surface area contributed by atoms with Gasteiger partial charge in [-0.2, -0.15) is 0 Å². The zero-order valence-corrected chi connectivity index (χ0v) is 13.6. The Morgan fingerprint density at radius 2 is 1.43 bits per heavy atom. The maximum Gasteiger partial charge on any atom is 0.145 e. The third-order valence-corrected chi connectivity index (χ3v) is 4.15. The normalized spacial score (nSPS) is 11.0. The number of aromatic nitrogens is 2. The summed E-state index contributed by atoms with van der Waals surface area (Å²) >= 11 is 12.3. The average Bonchev–Trinajstić information content (AvgIpc) is 2.94. The van der Waals surface area contributed by atoms with Crippen LogP contribution in [0.3, 0.4) is 0 Å². The van der Waals surface area contributed by atoms with E-state index in [0.717, 1.165) is 28.2 Å². The molecule has 4 rings (SSSR count). The summed E-state index contributed by atoms with van der Waals surface area (Å²) in [5.41, 5.74) is 3.96. The molecule has 0 aliphatic rings. The van der Waals surface area contributed by atoms with Crippen molar-refractivity contribution in [1.82, 2.24) is 9.38 Å². The Morgan fingerprint density at radius 1 is 0.739 bits per heavy atom. The van der Waals surface area contributed by atoms with Gasteiger partial charge in [0.2, 0.25) is 0 Å². The van der Waals surface area contributed by atoms with E-state index in [1.807, 2.05) is 48.7 Å². The van der Waals surface area contributed by atoms with Gasteiger partial charge >= 0.3 is 0 Å². The third kappa shape index (κ3) is 2.61. The van der Waals surface area contributed by atoms with Crippen molar-refractivity contribution in [2.45, 2.75) is 0 Å². The summed E-state index contributed by atoms with van der Waals surface area (Å²) in [5, 5.41) is 1.20. The van der Waals surface area contributed by atoms with Crippen molar-refractivity contribution < 1.29 is 0 Å². The predicted molar refractivity (Wildman–Crippen MR) is 96.1 cm³/mol. The zero-order valence-electron chi connectivity index (χ0n) is 12.1. The number of fused-ring (bicyclic) bond motifs is 1. The molecule has 0 radical (unpaired) electrons. The van der Waals surface area contributed by atoms with E-state index in [9.17, 15) is 0 Å². The second-order valence-electron chi connectivity index (χ2n) is 5.26. The topological polar surface area (TPSA) is 17.3 Å². The van der Waals surface area contributed by atoms with Gasteiger partial charge in [0, 0.05) is 27.4 Å². The molecule has 2 heterocycles. The van der Waals surface area contributed by atoms with Gasteiger partial charge in [-0.25, -0.2) is 4.98 Å². The van der Waals surface area contributed by atoms with Gasteiger partial charge in [0.15, 0.2) is 0 Å². The molecule has 0 saturated carbocycles. The van der Waals surface area contributed by atoms with Gasteiger partial charge in [0.25, 0.3) is 0 Å². The fourth-order valence-electron chi connectivity index (χ4n) is 2.73. The molecule has 0 aliphatic heterocycles. The minimum atomic E-state index is 0.599. The van der Waals surface area contributed by atoms with Crippen molar-refractivity contribution in [3.63, 3.8) is 0 Å². The third-order valence-electron chi connectivity index (χ3n) is 3.72. The van der Waals surface area contributed by atoms with Crippen LogP contribution < -0.4 is 0 Å². The van der Waals surface area contributed by atoms with Crippen LogP contribution in [0.15, 0.2) is 72.9 Å². The van der Waals surface area contributed by atoms with Gasteiger partial charge in [-0.15, -0.1) is 0 Å². The summed E-state index contributed by atoms with van der Waals surface area (Å²) in [6.45, 7) is 0. The van der Waals surface area contributed by atoms with E-state index in [1.54, 1.807) is 6.07 Å². The molecular formula is C19H12Cl2N2. The molecular weight excluding hydrogens is 327 g/mol. The van der Waals surface area contributed by atoms with Crippen LogP contribution in [-0.2, 0) is 0 Å². The number of benzene rings is 2. The van der Waals surface area contributed by atoms with Crippen molar-refractivity contribution in [2.75, 3.05) is 0 Å². The first kappa shape index (κ1) is 14.3. The molecule has 0 unspecified atom stereocenters. The minimum absolute atomic E-state index is 0.599. The molecule has 0 atom stereocenters. The summed E-state index contributed by atoms with van der Waals surface area (Å²) in [6.07, 6.45) is 2.00. The van der Waals surface area contributed by atoms with Gasteiger partial charge in [-0.05, 0) is 30.3 Å². The molecule has 0 N–H and O–H groups in total. The second-order valence-corrected chi connectivity index (χ2v) is 6.14. The highest BCUT2D eigenvalue weighted by Crippen LogP contribution is 2.32. The summed E-state index contributed by atoms with van der Waals surface area (Å²) in [5.74, 6) is 0.823. The van der Waals surface area contributed by atoms with E-state index >= 15 is 0 Å². The Bertz CT molecular complexity index is 971. The first-order chi connectivity index (χ1) is 11.2. The molecule has 2 aromatic carbocycles. The standard InChI is InChI=1S/C19H12Cl2N2/c20-15-10-14(11-16(21)12-15)19-22-18(13-6-2-1-3-7-13)17-8-4-5-9-23(17)19/h1-12H. The minimum Gasteiger partial charge on any atom is -0.299 e. The van der Waals surface area contributed by atoms with Gasteiger partial charge < -0.3 is 0 Å². The number of nitrogens with zero attached hydrogens (tertiary/aromatic N) is 2. The monoisotopic (exact) mass is 338 g/mol. The van der Waals surface area contributed by atoms with Crippen LogP contribution >= 0.6 is 23.2 Å². The van der Waals surface area contributed by atoms with Crippen LogP contribution in [0.25, 0.3) is 28.2 Å². The van der Waals surface area contributed by atoms with Crippen LogP contribution in [0, 0.1) is 0 Å². The fourth-order valence-corrected chi connectivity index (χ4v) is 3.26.